The third-order valence-corrected chi connectivity index (χ3v) is 5.24. The number of amides is 1. The van der Waals surface area contributed by atoms with Gasteiger partial charge in [-0.3, -0.25) is 9.69 Å². The van der Waals surface area contributed by atoms with Gasteiger partial charge in [0, 0.05) is 24.6 Å². The minimum Gasteiger partial charge on any atom is -0.504 e. The zero-order chi connectivity index (χ0) is 19.2. The Morgan fingerprint density at radius 3 is 2.56 bits per heavy atom. The fraction of sp³-hybridized carbons (Fsp3) is 0.409. The van der Waals surface area contributed by atoms with E-state index in [0.717, 1.165) is 37.1 Å². The van der Waals surface area contributed by atoms with Gasteiger partial charge in [-0.2, -0.15) is 0 Å². The number of piperidine rings is 1. The van der Waals surface area contributed by atoms with Crippen molar-refractivity contribution in [2.45, 2.75) is 32.9 Å². The molecule has 1 aliphatic heterocycles. The second kappa shape index (κ2) is 8.91. The number of carbonyl (C=O) groups is 1. The number of phenolic OH excluding ortho intramolecular Hbond substituents is 1. The molecule has 0 unspecified atom stereocenters. The summed E-state index contributed by atoms with van der Waals surface area (Å²) in [5.41, 5.74) is 3.20. The summed E-state index contributed by atoms with van der Waals surface area (Å²) in [5, 5.41) is 13.3. The number of ether oxygens (including phenoxy) is 1. The number of hydrogen-bond acceptors (Lipinski definition) is 4. The minimum absolute atomic E-state index is 0.0607. The summed E-state index contributed by atoms with van der Waals surface area (Å²) in [6, 6.07) is 13.8. The number of hydrogen-bond donors (Lipinski definition) is 2. The fourth-order valence-corrected chi connectivity index (χ4v) is 3.49. The molecule has 2 aromatic rings. The number of nitrogens with one attached hydrogen (secondary N) is 1. The molecule has 2 aromatic carbocycles. The monoisotopic (exact) mass is 368 g/mol. The number of aromatic hydroxyl groups is 1. The first-order valence-corrected chi connectivity index (χ1v) is 9.47. The molecule has 5 nitrogen and oxygen atoms in total. The molecule has 1 saturated heterocycles. The van der Waals surface area contributed by atoms with E-state index in [-0.39, 0.29) is 17.6 Å². The maximum atomic E-state index is 12.5. The molecule has 1 amide bonds. The predicted molar refractivity (Wildman–Crippen MR) is 106 cm³/mol. The van der Waals surface area contributed by atoms with Crippen molar-refractivity contribution in [2.24, 2.45) is 5.92 Å². The number of para-hydroxylation sites is 1. The average Bonchev–Trinajstić information content (AvgIpc) is 2.69. The normalized spacial score (nSPS) is 15.5. The van der Waals surface area contributed by atoms with Crippen LogP contribution in [0.3, 0.4) is 0 Å². The first kappa shape index (κ1) is 19.2. The van der Waals surface area contributed by atoms with E-state index < -0.39 is 0 Å². The number of rotatable bonds is 6. The van der Waals surface area contributed by atoms with E-state index >= 15 is 0 Å². The Kier molecular flexibility index (Phi) is 6.35. The molecule has 0 aliphatic carbocycles. The number of likely N-dealkylation sites (tertiary alicyclic amines) is 1. The van der Waals surface area contributed by atoms with Crippen LogP contribution in [0.2, 0.25) is 0 Å². The number of phenols is 1. The van der Waals surface area contributed by atoms with Gasteiger partial charge in [0.15, 0.2) is 11.5 Å². The third kappa shape index (κ3) is 5.01. The van der Waals surface area contributed by atoms with Gasteiger partial charge in [0.05, 0.1) is 7.11 Å². The molecule has 0 radical (unpaired) electrons. The SMILES string of the molecule is COc1cccc(CN2CCC(C(=O)NCc3ccc(C)cc3)CC2)c1O. The van der Waals surface area contributed by atoms with E-state index in [4.69, 9.17) is 4.74 Å². The molecular formula is C22H28N2O3. The minimum atomic E-state index is 0.0607. The standard InChI is InChI=1S/C22H28N2O3/c1-16-6-8-17(9-7-16)14-23-22(26)18-10-12-24(13-11-18)15-19-4-3-5-20(27-2)21(19)25/h3-9,18,25H,10-15H2,1-2H3,(H,23,26). The third-order valence-electron chi connectivity index (χ3n) is 5.24. The van der Waals surface area contributed by atoms with Crippen LogP contribution in [0, 0.1) is 12.8 Å². The van der Waals surface area contributed by atoms with Gasteiger partial charge in [0.25, 0.3) is 0 Å². The lowest BCUT2D eigenvalue weighted by Gasteiger charge is -2.31. The average molecular weight is 368 g/mol. The molecule has 2 N–H and O–H groups in total. The van der Waals surface area contributed by atoms with E-state index in [9.17, 15) is 9.90 Å². The van der Waals surface area contributed by atoms with Crippen LogP contribution in [0.25, 0.3) is 0 Å². The van der Waals surface area contributed by atoms with Crippen molar-refractivity contribution in [2.75, 3.05) is 20.2 Å². The van der Waals surface area contributed by atoms with Crippen molar-refractivity contribution >= 4 is 5.91 Å². The van der Waals surface area contributed by atoms with Crippen molar-refractivity contribution in [3.63, 3.8) is 0 Å². The van der Waals surface area contributed by atoms with Crippen LogP contribution >= 0.6 is 0 Å². The lowest BCUT2D eigenvalue weighted by atomic mass is 9.95. The van der Waals surface area contributed by atoms with Gasteiger partial charge >= 0.3 is 0 Å². The summed E-state index contributed by atoms with van der Waals surface area (Å²) in [7, 11) is 1.56. The molecular weight excluding hydrogens is 340 g/mol. The molecule has 0 atom stereocenters. The molecule has 144 valence electrons. The first-order chi connectivity index (χ1) is 13.1. The van der Waals surface area contributed by atoms with Crippen LogP contribution in [0.1, 0.15) is 29.5 Å². The van der Waals surface area contributed by atoms with E-state index in [1.165, 1.54) is 5.56 Å². The largest absolute Gasteiger partial charge is 0.504 e. The summed E-state index contributed by atoms with van der Waals surface area (Å²) < 4.78 is 5.17. The highest BCUT2D eigenvalue weighted by Crippen LogP contribution is 2.31. The Hall–Kier alpha value is -2.53. The second-order valence-corrected chi connectivity index (χ2v) is 7.22. The number of carbonyl (C=O) groups excluding carboxylic acids is 1. The van der Waals surface area contributed by atoms with Crippen molar-refractivity contribution in [3.05, 3.63) is 59.2 Å². The van der Waals surface area contributed by atoms with Crippen LogP contribution < -0.4 is 10.1 Å². The van der Waals surface area contributed by atoms with Crippen LogP contribution in [-0.2, 0) is 17.9 Å². The van der Waals surface area contributed by atoms with Crippen molar-refractivity contribution < 1.29 is 14.6 Å². The smallest absolute Gasteiger partial charge is 0.223 e. The highest BCUT2D eigenvalue weighted by Gasteiger charge is 2.25. The van der Waals surface area contributed by atoms with Gasteiger partial charge < -0.3 is 15.2 Å². The van der Waals surface area contributed by atoms with E-state index in [1.54, 1.807) is 13.2 Å². The van der Waals surface area contributed by atoms with Gasteiger partial charge in [-0.25, -0.2) is 0 Å². The van der Waals surface area contributed by atoms with Gasteiger partial charge in [-0.1, -0.05) is 42.0 Å². The van der Waals surface area contributed by atoms with Crippen molar-refractivity contribution in [1.82, 2.24) is 10.2 Å². The maximum Gasteiger partial charge on any atom is 0.223 e. The summed E-state index contributed by atoms with van der Waals surface area (Å²) in [6.07, 6.45) is 1.68. The van der Waals surface area contributed by atoms with Gasteiger partial charge in [0.2, 0.25) is 5.91 Å². The van der Waals surface area contributed by atoms with E-state index in [1.807, 2.05) is 12.1 Å². The van der Waals surface area contributed by atoms with Gasteiger partial charge in [-0.05, 0) is 44.5 Å². The maximum absolute atomic E-state index is 12.5. The van der Waals surface area contributed by atoms with Crippen molar-refractivity contribution in [3.8, 4) is 11.5 Å². The number of nitrogens with zero attached hydrogens (tertiary/aromatic N) is 1. The molecule has 1 aliphatic rings. The Bertz CT molecular complexity index is 766. The number of methoxy groups -OCH3 is 1. The molecule has 1 fully saturated rings. The van der Waals surface area contributed by atoms with Crippen LogP contribution in [0.5, 0.6) is 11.5 Å². The van der Waals surface area contributed by atoms with Gasteiger partial charge in [0.1, 0.15) is 0 Å². The summed E-state index contributed by atoms with van der Waals surface area (Å²) in [5.74, 6) is 0.904. The number of aryl methyl sites for hydroxylation is 1. The molecule has 1 heterocycles. The lowest BCUT2D eigenvalue weighted by Crippen LogP contribution is -2.40. The molecule has 0 bridgehead atoms. The fourth-order valence-electron chi connectivity index (χ4n) is 3.49. The molecule has 0 aromatic heterocycles. The highest BCUT2D eigenvalue weighted by atomic mass is 16.5. The molecule has 27 heavy (non-hydrogen) atoms. The Morgan fingerprint density at radius 1 is 1.19 bits per heavy atom. The summed E-state index contributed by atoms with van der Waals surface area (Å²) >= 11 is 0. The topological polar surface area (TPSA) is 61.8 Å². The Morgan fingerprint density at radius 2 is 1.89 bits per heavy atom. The molecule has 3 rings (SSSR count). The summed E-state index contributed by atoms with van der Waals surface area (Å²) in [4.78, 5) is 14.7. The lowest BCUT2D eigenvalue weighted by molar-refractivity contribution is -0.126. The molecule has 0 spiro atoms. The van der Waals surface area contributed by atoms with E-state index in [0.29, 0.717) is 18.8 Å². The molecule has 5 heteroatoms. The Balaban J connectivity index is 1.47. The number of benzene rings is 2. The Labute approximate surface area is 161 Å². The second-order valence-electron chi connectivity index (χ2n) is 7.22. The summed E-state index contributed by atoms with van der Waals surface area (Å²) in [6.45, 7) is 5.00. The van der Waals surface area contributed by atoms with Crippen LogP contribution in [-0.4, -0.2) is 36.1 Å². The van der Waals surface area contributed by atoms with Crippen molar-refractivity contribution in [1.29, 1.82) is 0 Å². The molecule has 0 saturated carbocycles. The zero-order valence-corrected chi connectivity index (χ0v) is 16.1. The predicted octanol–water partition coefficient (Wildman–Crippen LogP) is 3.24. The zero-order valence-electron chi connectivity index (χ0n) is 16.1. The highest BCUT2D eigenvalue weighted by molar-refractivity contribution is 5.78. The first-order valence-electron chi connectivity index (χ1n) is 9.47. The van der Waals surface area contributed by atoms with Crippen LogP contribution in [0.15, 0.2) is 42.5 Å². The van der Waals surface area contributed by atoms with E-state index in [2.05, 4.69) is 41.4 Å². The van der Waals surface area contributed by atoms with Gasteiger partial charge in [-0.15, -0.1) is 0 Å². The van der Waals surface area contributed by atoms with Crippen LogP contribution in [0.4, 0.5) is 0 Å². The quantitative estimate of drug-likeness (QED) is 0.822.